The highest BCUT2D eigenvalue weighted by molar-refractivity contribution is 4.91. The number of hydrogen-bond acceptors (Lipinski definition) is 1. The van der Waals surface area contributed by atoms with Crippen molar-refractivity contribution in [2.75, 3.05) is 13.1 Å². The molecular formula is C17H31N. The fourth-order valence-corrected chi connectivity index (χ4v) is 3.47. The lowest BCUT2D eigenvalue weighted by Gasteiger charge is -2.28. The van der Waals surface area contributed by atoms with Crippen molar-refractivity contribution in [1.82, 2.24) is 4.90 Å². The first-order valence-corrected chi connectivity index (χ1v) is 8.31. The molecule has 104 valence electrons. The molecule has 0 unspecified atom stereocenters. The molecule has 0 aromatic heterocycles. The van der Waals surface area contributed by atoms with E-state index >= 15 is 0 Å². The van der Waals surface area contributed by atoms with Crippen LogP contribution in [-0.4, -0.2) is 18.0 Å². The number of likely N-dealkylation sites (tertiary alicyclic amines) is 1. The van der Waals surface area contributed by atoms with Gasteiger partial charge in [0.1, 0.15) is 0 Å². The van der Waals surface area contributed by atoms with E-state index in [2.05, 4.69) is 24.1 Å². The second kappa shape index (κ2) is 7.86. The normalized spacial score (nSPS) is 29.9. The Morgan fingerprint density at radius 2 is 1.72 bits per heavy atom. The molecule has 1 heterocycles. The van der Waals surface area contributed by atoms with E-state index in [0.29, 0.717) is 0 Å². The number of piperidine rings is 1. The van der Waals surface area contributed by atoms with E-state index < -0.39 is 0 Å². The van der Waals surface area contributed by atoms with Crippen molar-refractivity contribution >= 4 is 0 Å². The minimum atomic E-state index is 0.879. The summed E-state index contributed by atoms with van der Waals surface area (Å²) in [6.45, 7) is 4.90. The number of hydrogen-bond donors (Lipinski definition) is 0. The van der Waals surface area contributed by atoms with Gasteiger partial charge in [0.05, 0.1) is 0 Å². The highest BCUT2D eigenvalue weighted by Gasteiger charge is 2.19. The minimum Gasteiger partial charge on any atom is -0.378 e. The molecule has 1 heteroatoms. The van der Waals surface area contributed by atoms with E-state index in [9.17, 15) is 0 Å². The maximum absolute atomic E-state index is 2.53. The van der Waals surface area contributed by atoms with Gasteiger partial charge in [-0.25, -0.2) is 0 Å². The number of allylic oxidation sites excluding steroid dienone is 1. The molecule has 0 bridgehead atoms. The van der Waals surface area contributed by atoms with Gasteiger partial charge in [-0.1, -0.05) is 32.3 Å². The van der Waals surface area contributed by atoms with Crippen molar-refractivity contribution in [2.45, 2.75) is 71.1 Å². The summed E-state index contributed by atoms with van der Waals surface area (Å²) >= 11 is 0. The van der Waals surface area contributed by atoms with Crippen LogP contribution >= 0.6 is 0 Å². The van der Waals surface area contributed by atoms with E-state index in [0.717, 1.165) is 11.8 Å². The molecule has 0 aromatic carbocycles. The van der Waals surface area contributed by atoms with Gasteiger partial charge in [-0.2, -0.15) is 0 Å². The third-order valence-corrected chi connectivity index (χ3v) is 4.82. The summed E-state index contributed by atoms with van der Waals surface area (Å²) in [7, 11) is 0. The standard InChI is InChI=1S/C17H31N/c1-2-3-7-16-8-10-17(11-9-16)12-15-18-13-5-4-6-14-18/h12,15-17H,2-11,13-14H2,1H3/t16-,17-. The summed E-state index contributed by atoms with van der Waals surface area (Å²) in [6.07, 6.45) is 19.3. The Hall–Kier alpha value is -0.460. The first-order chi connectivity index (χ1) is 8.88. The molecule has 18 heavy (non-hydrogen) atoms. The molecule has 0 N–H and O–H groups in total. The first-order valence-electron chi connectivity index (χ1n) is 8.31. The van der Waals surface area contributed by atoms with Crippen LogP contribution in [0.3, 0.4) is 0 Å². The predicted molar refractivity (Wildman–Crippen MR) is 79.5 cm³/mol. The number of rotatable bonds is 5. The molecular weight excluding hydrogens is 218 g/mol. The van der Waals surface area contributed by atoms with Crippen molar-refractivity contribution < 1.29 is 0 Å². The molecule has 0 amide bonds. The summed E-state index contributed by atoms with van der Waals surface area (Å²) in [4.78, 5) is 2.53. The van der Waals surface area contributed by atoms with Crippen molar-refractivity contribution in [3.8, 4) is 0 Å². The summed E-state index contributed by atoms with van der Waals surface area (Å²) in [5, 5.41) is 0. The van der Waals surface area contributed by atoms with Gasteiger partial charge in [0.25, 0.3) is 0 Å². The van der Waals surface area contributed by atoms with Crippen LogP contribution in [0.15, 0.2) is 12.3 Å². The third kappa shape index (κ3) is 4.66. The molecule has 2 rings (SSSR count). The summed E-state index contributed by atoms with van der Waals surface area (Å²) in [5.74, 6) is 1.93. The van der Waals surface area contributed by atoms with Crippen LogP contribution in [0.5, 0.6) is 0 Å². The van der Waals surface area contributed by atoms with Gasteiger partial charge in [-0.05, 0) is 63.0 Å². The molecule has 0 radical (unpaired) electrons. The van der Waals surface area contributed by atoms with Gasteiger partial charge in [0.15, 0.2) is 0 Å². The summed E-state index contributed by atoms with van der Waals surface area (Å²) < 4.78 is 0. The van der Waals surface area contributed by atoms with Crippen LogP contribution < -0.4 is 0 Å². The van der Waals surface area contributed by atoms with E-state index in [-0.39, 0.29) is 0 Å². The molecule has 0 spiro atoms. The topological polar surface area (TPSA) is 3.24 Å². The molecule has 2 fully saturated rings. The maximum Gasteiger partial charge on any atom is 0.0172 e. The number of nitrogens with zero attached hydrogens (tertiary/aromatic N) is 1. The van der Waals surface area contributed by atoms with Gasteiger partial charge in [0.2, 0.25) is 0 Å². The largest absolute Gasteiger partial charge is 0.378 e. The van der Waals surface area contributed by atoms with Crippen LogP contribution in [0.25, 0.3) is 0 Å². The first kappa shape index (κ1) is 14.0. The zero-order valence-corrected chi connectivity index (χ0v) is 12.2. The monoisotopic (exact) mass is 249 g/mol. The fraction of sp³-hybridized carbons (Fsp3) is 0.882. The zero-order chi connectivity index (χ0) is 12.6. The van der Waals surface area contributed by atoms with Gasteiger partial charge < -0.3 is 4.90 Å². The van der Waals surface area contributed by atoms with Crippen LogP contribution in [0.1, 0.15) is 71.1 Å². The van der Waals surface area contributed by atoms with E-state index in [1.165, 1.54) is 77.3 Å². The Morgan fingerprint density at radius 1 is 1.00 bits per heavy atom. The molecule has 1 aliphatic heterocycles. The lowest BCUT2D eigenvalue weighted by molar-refractivity contribution is 0.281. The van der Waals surface area contributed by atoms with Crippen LogP contribution in [-0.2, 0) is 0 Å². The summed E-state index contributed by atoms with van der Waals surface area (Å²) in [6, 6.07) is 0. The summed E-state index contributed by atoms with van der Waals surface area (Å²) in [5.41, 5.74) is 0. The molecule has 1 nitrogen and oxygen atoms in total. The van der Waals surface area contributed by atoms with Crippen molar-refractivity contribution in [1.29, 1.82) is 0 Å². The quantitative estimate of drug-likeness (QED) is 0.664. The van der Waals surface area contributed by atoms with E-state index in [4.69, 9.17) is 0 Å². The molecule has 1 aliphatic carbocycles. The van der Waals surface area contributed by atoms with Gasteiger partial charge >= 0.3 is 0 Å². The SMILES string of the molecule is CCCC[C@H]1CC[C@H](C=CN2CCCCC2)CC1. The van der Waals surface area contributed by atoms with E-state index in [1.807, 2.05) is 0 Å². The van der Waals surface area contributed by atoms with Gasteiger partial charge in [-0.3, -0.25) is 0 Å². The molecule has 0 aromatic rings. The fourth-order valence-electron chi connectivity index (χ4n) is 3.47. The lowest BCUT2D eigenvalue weighted by atomic mass is 9.80. The average molecular weight is 249 g/mol. The molecule has 1 saturated carbocycles. The van der Waals surface area contributed by atoms with Crippen molar-refractivity contribution in [2.24, 2.45) is 11.8 Å². The van der Waals surface area contributed by atoms with Crippen LogP contribution in [0, 0.1) is 11.8 Å². The third-order valence-electron chi connectivity index (χ3n) is 4.82. The van der Waals surface area contributed by atoms with Crippen molar-refractivity contribution in [3.05, 3.63) is 12.3 Å². The highest BCUT2D eigenvalue weighted by Crippen LogP contribution is 2.32. The maximum atomic E-state index is 2.53. The van der Waals surface area contributed by atoms with Gasteiger partial charge in [-0.15, -0.1) is 0 Å². The second-order valence-corrected chi connectivity index (χ2v) is 6.36. The van der Waals surface area contributed by atoms with Crippen LogP contribution in [0.2, 0.25) is 0 Å². The Labute approximate surface area is 114 Å². The Morgan fingerprint density at radius 3 is 2.39 bits per heavy atom. The van der Waals surface area contributed by atoms with E-state index in [1.54, 1.807) is 0 Å². The second-order valence-electron chi connectivity index (χ2n) is 6.36. The number of unbranched alkanes of at least 4 members (excludes halogenated alkanes) is 1. The molecule has 0 atom stereocenters. The Balaban J connectivity index is 1.64. The van der Waals surface area contributed by atoms with Crippen LogP contribution in [0.4, 0.5) is 0 Å². The van der Waals surface area contributed by atoms with Gasteiger partial charge in [0, 0.05) is 13.1 Å². The highest BCUT2D eigenvalue weighted by atomic mass is 15.1. The smallest absolute Gasteiger partial charge is 0.0172 e. The molecule has 2 aliphatic rings. The Bertz CT molecular complexity index is 232. The van der Waals surface area contributed by atoms with Crippen molar-refractivity contribution in [3.63, 3.8) is 0 Å². The lowest BCUT2D eigenvalue weighted by Crippen LogP contribution is -2.24. The minimum absolute atomic E-state index is 0.879. The molecule has 1 saturated heterocycles. The zero-order valence-electron chi connectivity index (χ0n) is 12.2. The predicted octanol–water partition coefficient (Wildman–Crippen LogP) is 4.98. The average Bonchev–Trinajstić information content (AvgIpc) is 2.45. The Kier molecular flexibility index (Phi) is 6.10.